The number of carbonyl (C=O) groups is 2. The zero-order chi connectivity index (χ0) is 28.6. The number of fused-ring (bicyclic) bond motifs is 1. The fraction of sp³-hybridized carbons (Fsp3) is 0.233. The Morgan fingerprint density at radius 3 is 2.60 bits per heavy atom. The average molecular weight is 562 g/mol. The number of benzene rings is 3. The summed E-state index contributed by atoms with van der Waals surface area (Å²) < 4.78 is 31.3. The van der Waals surface area contributed by atoms with Crippen LogP contribution in [0.5, 0.6) is 17.2 Å². The molecule has 0 saturated heterocycles. The third kappa shape index (κ3) is 5.10. The van der Waals surface area contributed by atoms with E-state index < -0.39 is 17.3 Å². The second-order valence-corrected chi connectivity index (χ2v) is 10.6. The standard InChI is InChI=1S/C30H28FN3O5S/c1-17-6-7-18(31)12-25(17)38-14-22-20(10-11-23-27(22)34(4)29(36)30(2,3)33-23)21-9-8-19(13-26(21)37-5)39-28(35)24-15-40-16-32-24/h6-13,15-16,33H,14H2,1-5H3. The van der Waals surface area contributed by atoms with Crippen LogP contribution in [0.4, 0.5) is 15.8 Å². The van der Waals surface area contributed by atoms with Crippen molar-refractivity contribution in [3.05, 3.63) is 82.1 Å². The molecule has 1 aliphatic heterocycles. The molecule has 8 nitrogen and oxygen atoms in total. The van der Waals surface area contributed by atoms with Crippen LogP contribution in [-0.2, 0) is 11.4 Å². The van der Waals surface area contributed by atoms with Crippen LogP contribution in [0.1, 0.15) is 35.5 Å². The lowest BCUT2D eigenvalue weighted by molar-refractivity contribution is -0.121. The van der Waals surface area contributed by atoms with Gasteiger partial charge in [-0.1, -0.05) is 12.1 Å². The molecular formula is C30H28FN3O5S. The summed E-state index contributed by atoms with van der Waals surface area (Å²) in [6, 6.07) is 13.3. The molecule has 1 N–H and O–H groups in total. The summed E-state index contributed by atoms with van der Waals surface area (Å²) in [5, 5.41) is 4.94. The number of hydrogen-bond acceptors (Lipinski definition) is 8. The van der Waals surface area contributed by atoms with Gasteiger partial charge in [0.05, 0.1) is 24.0 Å². The number of ether oxygens (including phenoxy) is 3. The number of amides is 1. The molecule has 1 amide bonds. The van der Waals surface area contributed by atoms with Crippen molar-refractivity contribution in [3.8, 4) is 28.4 Å². The molecule has 0 aliphatic carbocycles. The van der Waals surface area contributed by atoms with Gasteiger partial charge in [-0.25, -0.2) is 14.2 Å². The molecule has 40 heavy (non-hydrogen) atoms. The molecule has 0 fully saturated rings. The minimum atomic E-state index is -0.804. The summed E-state index contributed by atoms with van der Waals surface area (Å²) in [7, 11) is 3.25. The summed E-state index contributed by atoms with van der Waals surface area (Å²) in [5.41, 5.74) is 5.30. The molecule has 0 spiro atoms. The molecule has 3 aromatic carbocycles. The normalized spacial score (nSPS) is 13.8. The minimum Gasteiger partial charge on any atom is -0.496 e. The summed E-state index contributed by atoms with van der Waals surface area (Å²) in [4.78, 5) is 31.3. The van der Waals surface area contributed by atoms with Crippen molar-refractivity contribution in [2.24, 2.45) is 0 Å². The molecule has 1 aliphatic rings. The molecule has 2 heterocycles. The fourth-order valence-corrected chi connectivity index (χ4v) is 5.26. The van der Waals surface area contributed by atoms with Crippen molar-refractivity contribution >= 4 is 34.6 Å². The molecule has 4 aromatic rings. The Morgan fingerprint density at radius 1 is 1.10 bits per heavy atom. The molecular weight excluding hydrogens is 533 g/mol. The molecule has 0 radical (unpaired) electrons. The summed E-state index contributed by atoms with van der Waals surface area (Å²) in [6.45, 7) is 5.53. The highest BCUT2D eigenvalue weighted by Gasteiger charge is 2.38. The first-order chi connectivity index (χ1) is 19.1. The number of esters is 1. The quantitative estimate of drug-likeness (QED) is 0.211. The molecule has 5 rings (SSSR count). The van der Waals surface area contributed by atoms with E-state index in [-0.39, 0.29) is 18.2 Å². The van der Waals surface area contributed by atoms with Crippen LogP contribution >= 0.6 is 11.3 Å². The van der Waals surface area contributed by atoms with E-state index in [1.165, 1.54) is 30.6 Å². The number of nitrogens with zero attached hydrogens (tertiary/aromatic N) is 2. The number of thiazole rings is 1. The van der Waals surface area contributed by atoms with Crippen LogP contribution in [0.3, 0.4) is 0 Å². The molecule has 0 saturated carbocycles. The third-order valence-electron chi connectivity index (χ3n) is 6.74. The van der Waals surface area contributed by atoms with E-state index in [1.54, 1.807) is 47.1 Å². The van der Waals surface area contributed by atoms with Gasteiger partial charge in [-0.3, -0.25) is 4.79 Å². The van der Waals surface area contributed by atoms with Crippen LogP contribution in [0, 0.1) is 12.7 Å². The topological polar surface area (TPSA) is 90.0 Å². The molecule has 0 atom stereocenters. The second-order valence-electron chi connectivity index (χ2n) is 9.93. The molecule has 0 bridgehead atoms. The number of aryl methyl sites for hydroxylation is 1. The lowest BCUT2D eigenvalue weighted by Gasteiger charge is -2.39. The highest BCUT2D eigenvalue weighted by molar-refractivity contribution is 7.07. The van der Waals surface area contributed by atoms with Crippen LogP contribution in [-0.4, -0.2) is 36.6 Å². The lowest BCUT2D eigenvalue weighted by Crippen LogP contribution is -2.52. The number of methoxy groups -OCH3 is 1. The van der Waals surface area contributed by atoms with Gasteiger partial charge in [-0.15, -0.1) is 11.3 Å². The lowest BCUT2D eigenvalue weighted by atomic mass is 9.91. The number of rotatable bonds is 7. The van der Waals surface area contributed by atoms with Crippen LogP contribution < -0.4 is 24.4 Å². The van der Waals surface area contributed by atoms with Gasteiger partial charge in [0.15, 0.2) is 5.69 Å². The van der Waals surface area contributed by atoms with Crippen molar-refractivity contribution in [3.63, 3.8) is 0 Å². The SMILES string of the molecule is COc1cc(OC(=O)c2cscn2)ccc1-c1ccc2c(c1COc1cc(F)ccc1C)N(C)C(=O)C(C)(C)N2. The first-order valence-electron chi connectivity index (χ1n) is 12.5. The maximum atomic E-state index is 14.0. The number of nitrogens with one attached hydrogen (secondary N) is 1. The Hall–Kier alpha value is -4.44. The van der Waals surface area contributed by atoms with Gasteiger partial charge in [-0.05, 0) is 56.2 Å². The summed E-state index contributed by atoms with van der Waals surface area (Å²) in [6.07, 6.45) is 0. The first kappa shape index (κ1) is 27.1. The van der Waals surface area contributed by atoms with Crippen molar-refractivity contribution in [1.82, 2.24) is 4.98 Å². The number of aromatic nitrogens is 1. The van der Waals surface area contributed by atoms with Crippen LogP contribution in [0.15, 0.2) is 59.4 Å². The largest absolute Gasteiger partial charge is 0.496 e. The molecule has 0 unspecified atom stereocenters. The predicted octanol–water partition coefficient (Wildman–Crippen LogP) is 6.23. The van der Waals surface area contributed by atoms with Crippen LogP contribution in [0.25, 0.3) is 11.1 Å². The van der Waals surface area contributed by atoms with Gasteiger partial charge >= 0.3 is 5.97 Å². The molecule has 10 heteroatoms. The molecule has 1 aromatic heterocycles. The van der Waals surface area contributed by atoms with E-state index in [0.29, 0.717) is 34.1 Å². The number of anilines is 2. The predicted molar refractivity (Wildman–Crippen MR) is 152 cm³/mol. The highest BCUT2D eigenvalue weighted by Crippen LogP contribution is 2.45. The zero-order valence-electron chi connectivity index (χ0n) is 22.7. The Morgan fingerprint density at radius 2 is 1.88 bits per heavy atom. The second kappa shape index (κ2) is 10.6. The molecule has 206 valence electrons. The summed E-state index contributed by atoms with van der Waals surface area (Å²) in [5.74, 6) is 0.0500. The Kier molecular flexibility index (Phi) is 7.20. The van der Waals surface area contributed by atoms with Gasteiger partial charge in [0.2, 0.25) is 0 Å². The van der Waals surface area contributed by atoms with Crippen molar-refractivity contribution in [2.75, 3.05) is 24.4 Å². The van der Waals surface area contributed by atoms with E-state index >= 15 is 0 Å². The number of likely N-dealkylation sites (N-methyl/N-ethyl adjacent to an activating group) is 1. The average Bonchev–Trinajstić information content (AvgIpc) is 3.47. The highest BCUT2D eigenvalue weighted by atomic mass is 32.1. The first-order valence-corrected chi connectivity index (χ1v) is 13.4. The minimum absolute atomic E-state index is 0.0479. The Balaban J connectivity index is 1.59. The van der Waals surface area contributed by atoms with Crippen molar-refractivity contribution in [2.45, 2.75) is 32.9 Å². The fourth-order valence-electron chi connectivity index (χ4n) is 4.74. The Bertz CT molecular complexity index is 1600. The van der Waals surface area contributed by atoms with E-state index in [1.807, 2.05) is 32.9 Å². The number of carbonyl (C=O) groups excluding carboxylic acids is 2. The van der Waals surface area contributed by atoms with Crippen LogP contribution in [0.2, 0.25) is 0 Å². The van der Waals surface area contributed by atoms with E-state index in [2.05, 4.69) is 10.3 Å². The monoisotopic (exact) mass is 561 g/mol. The maximum absolute atomic E-state index is 14.0. The van der Waals surface area contributed by atoms with Gasteiger partial charge < -0.3 is 24.4 Å². The third-order valence-corrected chi connectivity index (χ3v) is 7.33. The van der Waals surface area contributed by atoms with E-state index in [9.17, 15) is 14.0 Å². The van der Waals surface area contributed by atoms with Gasteiger partial charge in [0.25, 0.3) is 5.91 Å². The Labute approximate surface area is 235 Å². The van der Waals surface area contributed by atoms with Gasteiger partial charge in [-0.2, -0.15) is 0 Å². The zero-order valence-corrected chi connectivity index (χ0v) is 23.5. The number of hydrogen-bond donors (Lipinski definition) is 1. The van der Waals surface area contributed by atoms with E-state index in [0.717, 1.165) is 16.8 Å². The number of halogens is 1. The van der Waals surface area contributed by atoms with Gasteiger partial charge in [0.1, 0.15) is 35.2 Å². The van der Waals surface area contributed by atoms with Crippen molar-refractivity contribution in [1.29, 1.82) is 0 Å². The smallest absolute Gasteiger partial charge is 0.363 e. The maximum Gasteiger partial charge on any atom is 0.363 e. The van der Waals surface area contributed by atoms with Gasteiger partial charge in [0, 0.05) is 35.7 Å². The van der Waals surface area contributed by atoms with E-state index in [4.69, 9.17) is 14.2 Å². The van der Waals surface area contributed by atoms with Crippen molar-refractivity contribution < 1.29 is 28.2 Å². The summed E-state index contributed by atoms with van der Waals surface area (Å²) >= 11 is 1.30.